The second-order valence-electron chi connectivity index (χ2n) is 4.12. The molecule has 4 nitrogen and oxygen atoms in total. The average Bonchev–Trinajstić information content (AvgIpc) is 1.99. The van der Waals surface area contributed by atoms with E-state index in [1.807, 2.05) is 13.8 Å². The van der Waals surface area contributed by atoms with Crippen LogP contribution in [0.1, 0.15) is 20.3 Å². The van der Waals surface area contributed by atoms with Crippen LogP contribution in [-0.4, -0.2) is 38.3 Å². The van der Waals surface area contributed by atoms with Crippen LogP contribution in [-0.2, 0) is 14.6 Å². The van der Waals surface area contributed by atoms with E-state index in [9.17, 15) is 13.2 Å². The highest BCUT2D eigenvalue weighted by atomic mass is 35.5. The first-order valence-corrected chi connectivity index (χ1v) is 7.37. The first-order valence-electron chi connectivity index (χ1n) is 4.77. The Morgan fingerprint density at radius 1 is 1.40 bits per heavy atom. The maximum atomic E-state index is 11.1. The highest BCUT2D eigenvalue weighted by Crippen LogP contribution is 2.06. The predicted octanol–water partition coefficient (Wildman–Crippen LogP) is 0.801. The molecule has 0 bridgehead atoms. The summed E-state index contributed by atoms with van der Waals surface area (Å²) in [5.74, 6) is -0.176. The Kier molecular flexibility index (Phi) is 6.20. The molecule has 1 atom stereocenters. The maximum absolute atomic E-state index is 11.1. The molecule has 6 heteroatoms. The van der Waals surface area contributed by atoms with Crippen molar-refractivity contribution in [3.8, 4) is 0 Å². The number of hydrogen-bond acceptors (Lipinski definition) is 3. The molecule has 0 heterocycles. The van der Waals surface area contributed by atoms with Crippen molar-refractivity contribution >= 4 is 27.3 Å². The zero-order chi connectivity index (χ0) is 12.1. The molecule has 0 aromatic carbocycles. The Balaban J connectivity index is 4.38. The SMILES string of the molecule is CC(C)C[C@@H](CS(C)(=O)=O)NC(=O)CCl. The van der Waals surface area contributed by atoms with E-state index in [-0.39, 0.29) is 23.6 Å². The highest BCUT2D eigenvalue weighted by molar-refractivity contribution is 7.90. The van der Waals surface area contributed by atoms with Gasteiger partial charge in [0.15, 0.2) is 0 Å². The number of carbonyl (C=O) groups is 1. The summed E-state index contributed by atoms with van der Waals surface area (Å²) in [7, 11) is -3.08. The molecule has 1 N–H and O–H groups in total. The molecule has 1 amide bonds. The van der Waals surface area contributed by atoms with Crippen LogP contribution in [0.15, 0.2) is 0 Å². The number of alkyl halides is 1. The van der Waals surface area contributed by atoms with Gasteiger partial charge in [-0.05, 0) is 12.3 Å². The number of nitrogens with one attached hydrogen (secondary N) is 1. The molecule has 0 unspecified atom stereocenters. The molecule has 0 aliphatic carbocycles. The Morgan fingerprint density at radius 2 is 1.93 bits per heavy atom. The summed E-state index contributed by atoms with van der Waals surface area (Å²) in [6.45, 7) is 3.95. The van der Waals surface area contributed by atoms with Crippen molar-refractivity contribution in [3.63, 3.8) is 0 Å². The molecule has 90 valence electrons. The van der Waals surface area contributed by atoms with Gasteiger partial charge in [-0.3, -0.25) is 4.79 Å². The first kappa shape index (κ1) is 14.7. The third-order valence-electron chi connectivity index (χ3n) is 1.75. The van der Waals surface area contributed by atoms with Crippen LogP contribution in [0.3, 0.4) is 0 Å². The molecule has 0 saturated heterocycles. The number of hydrogen-bond donors (Lipinski definition) is 1. The van der Waals surface area contributed by atoms with E-state index in [2.05, 4.69) is 5.32 Å². The molecule has 0 aromatic rings. The molecule has 0 aromatic heterocycles. The fourth-order valence-corrected chi connectivity index (χ4v) is 2.40. The number of amides is 1. The summed E-state index contributed by atoms with van der Waals surface area (Å²) in [6.07, 6.45) is 1.79. The quantitative estimate of drug-likeness (QED) is 0.714. The van der Waals surface area contributed by atoms with Crippen LogP contribution >= 0.6 is 11.6 Å². The monoisotopic (exact) mass is 255 g/mol. The van der Waals surface area contributed by atoms with Crippen LogP contribution in [0.4, 0.5) is 0 Å². The third-order valence-corrected chi connectivity index (χ3v) is 3.00. The van der Waals surface area contributed by atoms with E-state index < -0.39 is 9.84 Å². The minimum absolute atomic E-state index is 0.0339. The van der Waals surface area contributed by atoms with Crippen molar-refractivity contribution in [1.29, 1.82) is 0 Å². The van der Waals surface area contributed by atoms with Gasteiger partial charge in [0.05, 0.1) is 5.75 Å². The fraction of sp³-hybridized carbons (Fsp3) is 0.889. The molecule has 15 heavy (non-hydrogen) atoms. The lowest BCUT2D eigenvalue weighted by Crippen LogP contribution is -2.41. The van der Waals surface area contributed by atoms with Crippen molar-refractivity contribution in [2.24, 2.45) is 5.92 Å². The number of sulfone groups is 1. The second-order valence-corrected chi connectivity index (χ2v) is 6.57. The van der Waals surface area contributed by atoms with Crippen molar-refractivity contribution in [3.05, 3.63) is 0 Å². The molecule has 0 fully saturated rings. The topological polar surface area (TPSA) is 63.2 Å². The van der Waals surface area contributed by atoms with E-state index >= 15 is 0 Å². The number of halogens is 1. The Labute approximate surface area is 96.3 Å². The largest absolute Gasteiger partial charge is 0.351 e. The van der Waals surface area contributed by atoms with Gasteiger partial charge in [0.1, 0.15) is 15.7 Å². The van der Waals surface area contributed by atoms with Gasteiger partial charge in [-0.15, -0.1) is 11.6 Å². The normalized spacial score (nSPS) is 13.9. The first-order chi connectivity index (χ1) is 6.74. The lowest BCUT2D eigenvalue weighted by molar-refractivity contribution is -0.119. The number of carbonyl (C=O) groups excluding carboxylic acids is 1. The number of rotatable bonds is 6. The summed E-state index contributed by atoms with van der Waals surface area (Å²) in [5, 5.41) is 2.60. The lowest BCUT2D eigenvalue weighted by Gasteiger charge is -2.19. The lowest BCUT2D eigenvalue weighted by atomic mass is 10.1. The van der Waals surface area contributed by atoms with Gasteiger partial charge in [-0.25, -0.2) is 8.42 Å². The molecule has 0 spiro atoms. The smallest absolute Gasteiger partial charge is 0.235 e. The predicted molar refractivity (Wildman–Crippen MR) is 61.8 cm³/mol. The Morgan fingerprint density at radius 3 is 2.27 bits per heavy atom. The molecule has 0 saturated carbocycles. The van der Waals surface area contributed by atoms with Crippen LogP contribution in [0.25, 0.3) is 0 Å². The van der Waals surface area contributed by atoms with Gasteiger partial charge in [-0.2, -0.15) is 0 Å². The van der Waals surface area contributed by atoms with E-state index in [4.69, 9.17) is 11.6 Å². The van der Waals surface area contributed by atoms with Gasteiger partial charge >= 0.3 is 0 Å². The van der Waals surface area contributed by atoms with Gasteiger partial charge in [0, 0.05) is 12.3 Å². The Bertz CT molecular complexity index is 300. The van der Waals surface area contributed by atoms with Gasteiger partial charge in [0.2, 0.25) is 5.91 Å². The van der Waals surface area contributed by atoms with Crippen molar-refractivity contribution in [2.75, 3.05) is 17.9 Å². The molecule has 0 rings (SSSR count). The van der Waals surface area contributed by atoms with Crippen molar-refractivity contribution < 1.29 is 13.2 Å². The van der Waals surface area contributed by atoms with E-state index in [1.54, 1.807) is 0 Å². The molecule has 0 radical (unpaired) electrons. The van der Waals surface area contributed by atoms with Crippen LogP contribution < -0.4 is 5.32 Å². The zero-order valence-corrected chi connectivity index (χ0v) is 10.9. The minimum atomic E-state index is -3.08. The summed E-state index contributed by atoms with van der Waals surface area (Å²) in [4.78, 5) is 11.1. The summed E-state index contributed by atoms with van der Waals surface area (Å²) >= 11 is 5.34. The Hall–Kier alpha value is -0.290. The highest BCUT2D eigenvalue weighted by Gasteiger charge is 2.18. The van der Waals surface area contributed by atoms with Crippen LogP contribution in [0.5, 0.6) is 0 Å². The van der Waals surface area contributed by atoms with Gasteiger partial charge < -0.3 is 5.32 Å². The minimum Gasteiger partial charge on any atom is -0.351 e. The van der Waals surface area contributed by atoms with Crippen LogP contribution in [0, 0.1) is 5.92 Å². The van der Waals surface area contributed by atoms with E-state index in [1.165, 1.54) is 0 Å². The van der Waals surface area contributed by atoms with Crippen molar-refractivity contribution in [2.45, 2.75) is 26.3 Å². The second kappa shape index (κ2) is 6.33. The van der Waals surface area contributed by atoms with E-state index in [0.29, 0.717) is 12.3 Å². The molecular weight excluding hydrogens is 238 g/mol. The molecule has 0 aliphatic rings. The summed E-state index contributed by atoms with van der Waals surface area (Å²) in [6, 6.07) is -0.341. The van der Waals surface area contributed by atoms with Gasteiger partial charge in [-0.1, -0.05) is 13.8 Å². The average molecular weight is 256 g/mol. The van der Waals surface area contributed by atoms with Crippen LogP contribution in [0.2, 0.25) is 0 Å². The van der Waals surface area contributed by atoms with E-state index in [0.717, 1.165) is 6.26 Å². The van der Waals surface area contributed by atoms with Crippen molar-refractivity contribution in [1.82, 2.24) is 5.32 Å². The summed E-state index contributed by atoms with van der Waals surface area (Å²) < 4.78 is 22.2. The van der Waals surface area contributed by atoms with Gasteiger partial charge in [0.25, 0.3) is 0 Å². The summed E-state index contributed by atoms with van der Waals surface area (Å²) in [5.41, 5.74) is 0. The standard InChI is InChI=1S/C9H18ClNO3S/c1-7(2)4-8(6-15(3,13)14)11-9(12)5-10/h7-8H,4-6H2,1-3H3,(H,11,12)/t8-/m0/s1. The maximum Gasteiger partial charge on any atom is 0.235 e. The fourth-order valence-electron chi connectivity index (χ4n) is 1.37. The zero-order valence-electron chi connectivity index (χ0n) is 9.29. The molecule has 0 aliphatic heterocycles. The molecular formula is C9H18ClNO3S. The third kappa shape index (κ3) is 8.69.